The average molecular weight is 816 g/mol. The minimum atomic E-state index is -0.394. The summed E-state index contributed by atoms with van der Waals surface area (Å²) in [6.07, 6.45) is 0. The zero-order valence-corrected chi connectivity index (χ0v) is 34.6. The number of hydrogen-bond acceptors (Lipinski definition) is 3. The van der Waals surface area contributed by atoms with E-state index in [1.165, 1.54) is 44.5 Å². The van der Waals surface area contributed by atoms with E-state index in [9.17, 15) is 0 Å². The van der Waals surface area contributed by atoms with E-state index in [1.807, 2.05) is 24.3 Å². The van der Waals surface area contributed by atoms with Crippen LogP contribution in [0.25, 0.3) is 88.4 Å². The molecular formula is C61H37NO2. The molecule has 1 spiro atoms. The van der Waals surface area contributed by atoms with E-state index < -0.39 is 5.41 Å². The van der Waals surface area contributed by atoms with Crippen molar-refractivity contribution in [3.05, 3.63) is 247 Å². The van der Waals surface area contributed by atoms with Gasteiger partial charge in [0.05, 0.1) is 5.41 Å². The van der Waals surface area contributed by atoms with Crippen molar-refractivity contribution in [2.45, 2.75) is 5.41 Å². The Labute approximate surface area is 369 Å². The monoisotopic (exact) mass is 815 g/mol. The highest BCUT2D eigenvalue weighted by molar-refractivity contribution is 6.07. The lowest BCUT2D eigenvalue weighted by Crippen LogP contribution is -2.25. The lowest BCUT2D eigenvalue weighted by Gasteiger charge is -2.31. The van der Waals surface area contributed by atoms with Crippen LogP contribution in [0.2, 0.25) is 0 Å². The van der Waals surface area contributed by atoms with Gasteiger partial charge >= 0.3 is 0 Å². The van der Waals surface area contributed by atoms with Gasteiger partial charge in [-0.05, 0) is 140 Å². The Balaban J connectivity index is 0.918. The summed E-state index contributed by atoms with van der Waals surface area (Å²) in [6, 6.07) is 81.7. The highest BCUT2D eigenvalue weighted by Crippen LogP contribution is 2.63. The van der Waals surface area contributed by atoms with E-state index in [0.717, 1.165) is 83.2 Å². The van der Waals surface area contributed by atoms with Gasteiger partial charge in [0.2, 0.25) is 0 Å². The molecule has 2 heterocycles. The summed E-state index contributed by atoms with van der Waals surface area (Å²) < 4.78 is 12.3. The first-order chi connectivity index (χ1) is 31.7. The second-order valence-corrected chi connectivity index (χ2v) is 17.2. The van der Waals surface area contributed by atoms with Crippen LogP contribution in [0.5, 0.6) is 0 Å². The molecule has 3 heteroatoms. The van der Waals surface area contributed by atoms with Crippen LogP contribution in [0.1, 0.15) is 22.3 Å². The highest BCUT2D eigenvalue weighted by atomic mass is 16.3. The van der Waals surface area contributed by atoms with E-state index in [1.54, 1.807) is 0 Å². The summed E-state index contributed by atoms with van der Waals surface area (Å²) in [4.78, 5) is 2.40. The maximum absolute atomic E-state index is 6.17. The zero-order chi connectivity index (χ0) is 41.9. The number of furan rings is 2. The van der Waals surface area contributed by atoms with Crippen molar-refractivity contribution in [2.75, 3.05) is 4.90 Å². The van der Waals surface area contributed by atoms with Crippen molar-refractivity contribution in [1.82, 2.24) is 0 Å². The van der Waals surface area contributed by atoms with Gasteiger partial charge in [0.15, 0.2) is 0 Å². The van der Waals surface area contributed by atoms with E-state index in [0.29, 0.717) is 0 Å². The molecule has 64 heavy (non-hydrogen) atoms. The number of rotatable bonds is 5. The lowest BCUT2D eigenvalue weighted by atomic mass is 9.70. The zero-order valence-electron chi connectivity index (χ0n) is 34.6. The van der Waals surface area contributed by atoms with Crippen LogP contribution < -0.4 is 4.90 Å². The van der Waals surface area contributed by atoms with Crippen molar-refractivity contribution >= 4 is 60.9 Å². The van der Waals surface area contributed by atoms with Crippen LogP contribution in [0.15, 0.2) is 233 Å². The Kier molecular flexibility index (Phi) is 7.32. The summed E-state index contributed by atoms with van der Waals surface area (Å²) in [6.45, 7) is 0. The Morgan fingerprint density at radius 2 is 0.641 bits per heavy atom. The molecule has 0 N–H and O–H groups in total. The summed E-state index contributed by atoms with van der Waals surface area (Å²) in [5.74, 6) is 0. The van der Waals surface area contributed by atoms with Gasteiger partial charge in [-0.3, -0.25) is 0 Å². The highest BCUT2D eigenvalue weighted by Gasteiger charge is 2.51. The molecular weight excluding hydrogens is 779 g/mol. The fourth-order valence-corrected chi connectivity index (χ4v) is 11.1. The molecule has 0 fully saturated rings. The number of para-hydroxylation sites is 2. The number of anilines is 3. The molecule has 0 radical (unpaired) electrons. The van der Waals surface area contributed by atoms with Crippen LogP contribution in [0, 0.1) is 0 Å². The van der Waals surface area contributed by atoms with Crippen molar-refractivity contribution in [1.29, 1.82) is 0 Å². The summed E-state index contributed by atoms with van der Waals surface area (Å²) in [7, 11) is 0. The third-order valence-electron chi connectivity index (χ3n) is 13.9. The number of hydrogen-bond donors (Lipinski definition) is 0. The van der Waals surface area contributed by atoms with Crippen LogP contribution in [0.4, 0.5) is 17.1 Å². The molecule has 2 aliphatic carbocycles. The second kappa shape index (κ2) is 13.3. The summed E-state index contributed by atoms with van der Waals surface area (Å²) in [5, 5.41) is 4.52. The fraction of sp³-hybridized carbons (Fsp3) is 0.0164. The molecule has 0 saturated carbocycles. The number of fused-ring (bicyclic) bond motifs is 16. The SMILES string of the molecule is c1ccc2c(c1)-c1ccccc1C21c2ccccc2-c2cc(N(c3ccc(-c4ccc5oc6ccccc6c5c4)cc3)c3ccc(-c4ccc5oc6ccccc6c5c4)cc3)ccc21. The van der Waals surface area contributed by atoms with Crippen molar-refractivity contribution in [3.63, 3.8) is 0 Å². The molecule has 14 rings (SSSR count). The Hall–Kier alpha value is -8.40. The van der Waals surface area contributed by atoms with Gasteiger partial charge in [0, 0.05) is 38.6 Å². The fourth-order valence-electron chi connectivity index (χ4n) is 11.1. The summed E-state index contributed by atoms with van der Waals surface area (Å²) in [5.41, 5.74) is 21.6. The summed E-state index contributed by atoms with van der Waals surface area (Å²) >= 11 is 0. The molecule has 0 aliphatic heterocycles. The number of nitrogens with zero attached hydrogens (tertiary/aromatic N) is 1. The van der Waals surface area contributed by atoms with Crippen molar-refractivity contribution < 1.29 is 8.83 Å². The Bertz CT molecular complexity index is 3650. The predicted molar refractivity (Wildman–Crippen MR) is 263 cm³/mol. The topological polar surface area (TPSA) is 29.5 Å². The van der Waals surface area contributed by atoms with Crippen LogP contribution >= 0.6 is 0 Å². The number of benzene rings is 10. The molecule has 0 saturated heterocycles. The molecule has 3 nitrogen and oxygen atoms in total. The largest absolute Gasteiger partial charge is 0.456 e. The molecule has 0 atom stereocenters. The Morgan fingerprint density at radius 3 is 1.14 bits per heavy atom. The van der Waals surface area contributed by atoms with Gasteiger partial charge in [-0.1, -0.05) is 152 Å². The maximum Gasteiger partial charge on any atom is 0.135 e. The minimum Gasteiger partial charge on any atom is -0.456 e. The second-order valence-electron chi connectivity index (χ2n) is 17.2. The van der Waals surface area contributed by atoms with Gasteiger partial charge in [0.25, 0.3) is 0 Å². The van der Waals surface area contributed by atoms with Gasteiger partial charge in [-0.2, -0.15) is 0 Å². The van der Waals surface area contributed by atoms with E-state index in [2.05, 4.69) is 205 Å². The normalized spacial score (nSPS) is 13.1. The molecule has 298 valence electrons. The standard InChI is InChI=1S/C61H37NO2/c1-6-16-53-45(11-1)46-12-2-7-17-54(46)61(53)55-18-8-3-13-47(55)50-37-44(31-32-56(50)61)62(42-27-21-38(22-28-42)40-25-33-59-51(35-40)48-14-4-9-19-57(48)63-59)43-29-23-39(24-30-43)41-26-34-60-52(36-41)49-15-5-10-20-58(49)64-60/h1-37H. The Morgan fingerprint density at radius 1 is 0.266 bits per heavy atom. The van der Waals surface area contributed by atoms with E-state index >= 15 is 0 Å². The first-order valence-electron chi connectivity index (χ1n) is 22.0. The maximum atomic E-state index is 6.17. The lowest BCUT2D eigenvalue weighted by molar-refractivity contribution is 0.668. The first kappa shape index (κ1) is 35.2. The molecule has 2 aliphatic rings. The van der Waals surface area contributed by atoms with Crippen molar-refractivity contribution in [2.24, 2.45) is 0 Å². The third kappa shape index (κ3) is 4.92. The molecule has 0 amide bonds. The van der Waals surface area contributed by atoms with Crippen LogP contribution in [-0.4, -0.2) is 0 Å². The quantitative estimate of drug-likeness (QED) is 0.173. The van der Waals surface area contributed by atoms with Gasteiger partial charge in [-0.25, -0.2) is 0 Å². The molecule has 0 unspecified atom stereocenters. The minimum absolute atomic E-state index is 0.394. The smallest absolute Gasteiger partial charge is 0.135 e. The molecule has 2 aromatic heterocycles. The van der Waals surface area contributed by atoms with Crippen LogP contribution in [-0.2, 0) is 5.41 Å². The van der Waals surface area contributed by atoms with E-state index in [-0.39, 0.29) is 0 Å². The molecule has 10 aromatic carbocycles. The van der Waals surface area contributed by atoms with Gasteiger partial charge in [0.1, 0.15) is 22.3 Å². The van der Waals surface area contributed by atoms with E-state index in [4.69, 9.17) is 8.83 Å². The van der Waals surface area contributed by atoms with Crippen molar-refractivity contribution in [3.8, 4) is 44.5 Å². The third-order valence-corrected chi connectivity index (χ3v) is 13.9. The van der Waals surface area contributed by atoms with Crippen LogP contribution in [0.3, 0.4) is 0 Å². The molecule has 12 aromatic rings. The molecule has 0 bridgehead atoms. The van der Waals surface area contributed by atoms with Gasteiger partial charge in [-0.15, -0.1) is 0 Å². The predicted octanol–water partition coefficient (Wildman–Crippen LogP) is 16.6. The average Bonchev–Trinajstić information content (AvgIpc) is 4.09. The first-order valence-corrected chi connectivity index (χ1v) is 22.0. The van der Waals surface area contributed by atoms with Gasteiger partial charge < -0.3 is 13.7 Å².